The number of aliphatic hydroxyl groups is 1. The van der Waals surface area contributed by atoms with Gasteiger partial charge in [0.15, 0.2) is 5.72 Å². The van der Waals surface area contributed by atoms with Crippen LogP contribution in [0.25, 0.3) is 0 Å². The lowest BCUT2D eigenvalue weighted by Gasteiger charge is -2.31. The lowest BCUT2D eigenvalue weighted by Crippen LogP contribution is -2.43. The van der Waals surface area contributed by atoms with Crippen molar-refractivity contribution >= 4 is 23.2 Å². The maximum atomic E-state index is 13.2. The lowest BCUT2D eigenvalue weighted by atomic mass is 9.95. The molecule has 4 nitrogen and oxygen atoms in total. The number of carbonyl (C=O) groups excluding carboxylic acids is 1. The molecule has 0 aliphatic carbocycles. The predicted molar refractivity (Wildman–Crippen MR) is 90.8 cm³/mol. The van der Waals surface area contributed by atoms with E-state index >= 15 is 0 Å². The van der Waals surface area contributed by atoms with E-state index in [-0.39, 0.29) is 16.1 Å². The maximum Gasteiger partial charge on any atom is 0.431 e. The van der Waals surface area contributed by atoms with Crippen molar-refractivity contribution in [2.45, 2.75) is 25.2 Å². The molecule has 136 valence electrons. The maximum absolute atomic E-state index is 13.2. The van der Waals surface area contributed by atoms with E-state index in [1.807, 2.05) is 0 Å². The van der Waals surface area contributed by atoms with E-state index in [2.05, 4.69) is 5.10 Å². The number of hydrogen-bond acceptors (Lipinski definition) is 3. The van der Waals surface area contributed by atoms with Crippen LogP contribution in [0.3, 0.4) is 0 Å². The molecule has 1 aliphatic heterocycles. The number of carbonyl (C=O) groups is 1. The SMILES string of the molecule is Cc1ccc([C@@]2(O)CC(C(F)(F)F)=NN2C(=O)c2cccc(Cl)c2)cc1. The molecule has 0 radical (unpaired) electrons. The Morgan fingerprint density at radius 3 is 2.46 bits per heavy atom. The zero-order valence-electron chi connectivity index (χ0n) is 13.6. The van der Waals surface area contributed by atoms with Gasteiger partial charge in [0.1, 0.15) is 5.71 Å². The summed E-state index contributed by atoms with van der Waals surface area (Å²) in [6.07, 6.45) is -5.62. The van der Waals surface area contributed by atoms with Crippen LogP contribution >= 0.6 is 11.6 Å². The van der Waals surface area contributed by atoms with Gasteiger partial charge in [-0.15, -0.1) is 0 Å². The van der Waals surface area contributed by atoms with E-state index in [1.54, 1.807) is 19.1 Å². The summed E-state index contributed by atoms with van der Waals surface area (Å²) in [6.45, 7) is 1.80. The van der Waals surface area contributed by atoms with Gasteiger partial charge in [0, 0.05) is 16.1 Å². The molecule has 8 heteroatoms. The minimum atomic E-state index is -4.76. The third-order valence-corrected chi connectivity index (χ3v) is 4.33. The first-order valence-corrected chi connectivity index (χ1v) is 8.03. The fraction of sp³-hybridized carbons (Fsp3) is 0.222. The molecule has 1 heterocycles. The van der Waals surface area contributed by atoms with Crippen molar-refractivity contribution < 1.29 is 23.1 Å². The molecule has 0 fully saturated rings. The van der Waals surface area contributed by atoms with Crippen LogP contribution in [0, 0.1) is 6.92 Å². The van der Waals surface area contributed by atoms with Gasteiger partial charge in [0.05, 0.1) is 6.42 Å². The van der Waals surface area contributed by atoms with E-state index in [0.717, 1.165) is 5.56 Å². The van der Waals surface area contributed by atoms with Crippen molar-refractivity contribution in [1.29, 1.82) is 0 Å². The fourth-order valence-electron chi connectivity index (χ4n) is 2.71. The summed E-state index contributed by atoms with van der Waals surface area (Å²) in [5.74, 6) is -0.880. The zero-order valence-corrected chi connectivity index (χ0v) is 14.3. The quantitative estimate of drug-likeness (QED) is 0.843. The third kappa shape index (κ3) is 3.32. The molecule has 0 saturated heterocycles. The van der Waals surface area contributed by atoms with Gasteiger partial charge in [-0.3, -0.25) is 4.79 Å². The van der Waals surface area contributed by atoms with Crippen LogP contribution < -0.4 is 0 Å². The van der Waals surface area contributed by atoms with Crippen molar-refractivity contribution in [1.82, 2.24) is 5.01 Å². The summed E-state index contributed by atoms with van der Waals surface area (Å²) >= 11 is 5.85. The lowest BCUT2D eigenvalue weighted by molar-refractivity contribution is -0.0816. The van der Waals surface area contributed by atoms with Crippen LogP contribution in [0.4, 0.5) is 13.2 Å². The van der Waals surface area contributed by atoms with E-state index < -0.39 is 29.9 Å². The molecule has 0 saturated carbocycles. The molecular formula is C18H14ClF3N2O2. The van der Waals surface area contributed by atoms with Gasteiger partial charge in [-0.2, -0.15) is 23.3 Å². The molecular weight excluding hydrogens is 369 g/mol. The van der Waals surface area contributed by atoms with E-state index in [9.17, 15) is 23.1 Å². The van der Waals surface area contributed by atoms with Crippen molar-refractivity contribution in [2.24, 2.45) is 5.10 Å². The molecule has 1 amide bonds. The molecule has 2 aromatic rings. The number of alkyl halides is 3. The Morgan fingerprint density at radius 1 is 1.23 bits per heavy atom. The monoisotopic (exact) mass is 382 g/mol. The summed E-state index contributed by atoms with van der Waals surface area (Å²) in [4.78, 5) is 12.8. The van der Waals surface area contributed by atoms with Gasteiger partial charge in [0.25, 0.3) is 5.91 Å². The minimum absolute atomic E-state index is 0.0233. The molecule has 2 aromatic carbocycles. The van der Waals surface area contributed by atoms with Gasteiger partial charge < -0.3 is 5.11 Å². The first-order valence-electron chi connectivity index (χ1n) is 7.65. The standard InChI is InChI=1S/C18H14ClF3N2O2/c1-11-5-7-13(8-6-11)17(26)10-15(18(20,21)22)23-24(17)16(25)12-3-2-4-14(19)9-12/h2-9,26H,10H2,1H3/t17-/m0/s1. The average Bonchev–Trinajstić information content (AvgIpc) is 2.94. The zero-order chi connectivity index (χ0) is 19.1. The third-order valence-electron chi connectivity index (χ3n) is 4.09. The summed E-state index contributed by atoms with van der Waals surface area (Å²) in [7, 11) is 0. The Bertz CT molecular complexity index is 881. The van der Waals surface area contributed by atoms with E-state index in [0.29, 0.717) is 5.01 Å². The normalized spacial score (nSPS) is 20.2. The number of hydrazone groups is 1. The summed E-state index contributed by atoms with van der Waals surface area (Å²) in [6, 6.07) is 11.9. The van der Waals surface area contributed by atoms with Crippen LogP contribution in [-0.4, -0.2) is 27.9 Å². The van der Waals surface area contributed by atoms with Gasteiger partial charge in [-0.25, -0.2) is 0 Å². The number of rotatable bonds is 2. The Labute approximate surface area is 152 Å². The number of benzene rings is 2. The van der Waals surface area contributed by atoms with Crippen LogP contribution in [-0.2, 0) is 5.72 Å². The van der Waals surface area contributed by atoms with Crippen molar-refractivity contribution in [3.8, 4) is 0 Å². The molecule has 1 N–H and O–H groups in total. The second-order valence-electron chi connectivity index (χ2n) is 6.03. The van der Waals surface area contributed by atoms with Crippen LogP contribution in [0.15, 0.2) is 53.6 Å². The molecule has 26 heavy (non-hydrogen) atoms. The number of amides is 1. The molecule has 0 spiro atoms. The van der Waals surface area contributed by atoms with Gasteiger partial charge >= 0.3 is 6.18 Å². The average molecular weight is 383 g/mol. The van der Waals surface area contributed by atoms with Crippen molar-refractivity contribution in [2.75, 3.05) is 0 Å². The van der Waals surface area contributed by atoms with Crippen molar-refractivity contribution in [3.63, 3.8) is 0 Å². The summed E-state index contributed by atoms with van der Waals surface area (Å²) in [5, 5.41) is 15.1. The number of aryl methyl sites for hydroxylation is 1. The predicted octanol–water partition coefficient (Wildman–Crippen LogP) is 4.26. The van der Waals surface area contributed by atoms with Crippen LogP contribution in [0.5, 0.6) is 0 Å². The van der Waals surface area contributed by atoms with Gasteiger partial charge in [0.2, 0.25) is 0 Å². The van der Waals surface area contributed by atoms with E-state index in [1.165, 1.54) is 36.4 Å². The Balaban J connectivity index is 2.08. The molecule has 1 atom stereocenters. The largest absolute Gasteiger partial charge is 0.431 e. The molecule has 0 bridgehead atoms. The summed E-state index contributed by atoms with van der Waals surface area (Å²) in [5.41, 5.74) is -2.44. The van der Waals surface area contributed by atoms with Gasteiger partial charge in [-0.05, 0) is 25.1 Å². The second kappa shape index (κ2) is 6.41. The van der Waals surface area contributed by atoms with E-state index in [4.69, 9.17) is 11.6 Å². The highest BCUT2D eigenvalue weighted by atomic mass is 35.5. The Morgan fingerprint density at radius 2 is 1.88 bits per heavy atom. The van der Waals surface area contributed by atoms with Crippen molar-refractivity contribution in [3.05, 3.63) is 70.2 Å². The smallest absolute Gasteiger partial charge is 0.365 e. The fourth-order valence-corrected chi connectivity index (χ4v) is 2.90. The Hall–Kier alpha value is -2.38. The highest BCUT2D eigenvalue weighted by Crippen LogP contribution is 2.40. The molecule has 1 aliphatic rings. The van der Waals surface area contributed by atoms with Crippen LogP contribution in [0.1, 0.15) is 27.9 Å². The summed E-state index contributed by atoms with van der Waals surface area (Å²) < 4.78 is 39.6. The topological polar surface area (TPSA) is 52.9 Å². The molecule has 0 aromatic heterocycles. The van der Waals surface area contributed by atoms with Crippen LogP contribution in [0.2, 0.25) is 5.02 Å². The second-order valence-corrected chi connectivity index (χ2v) is 6.47. The molecule has 0 unspecified atom stereocenters. The highest BCUT2D eigenvalue weighted by molar-refractivity contribution is 6.31. The number of nitrogens with zero attached hydrogens (tertiary/aromatic N) is 2. The Kier molecular flexibility index (Phi) is 4.54. The number of hydrogen-bond donors (Lipinski definition) is 1. The minimum Gasteiger partial charge on any atom is -0.365 e. The first kappa shape index (κ1) is 18.4. The van der Waals surface area contributed by atoms with Gasteiger partial charge in [-0.1, -0.05) is 47.5 Å². The first-order chi connectivity index (χ1) is 12.1. The highest BCUT2D eigenvalue weighted by Gasteiger charge is 2.53. The molecule has 3 rings (SSSR count). The number of halogens is 4.